The van der Waals surface area contributed by atoms with Gasteiger partial charge < -0.3 is 0 Å². The molecule has 0 atom stereocenters. The molecule has 0 aliphatic heterocycles. The third-order valence-corrected chi connectivity index (χ3v) is 27.3. The minimum atomic E-state index is 0.612. The zero-order valence-electron chi connectivity index (χ0n) is 81.3. The van der Waals surface area contributed by atoms with Crippen molar-refractivity contribution in [2.24, 2.45) is 0 Å². The SMILES string of the molecule is c1ccc(-c2cc(-c3ccccc3)nc(-c3ccccc3-c3cc(-c4ccccc4)nc4c3ccc3ccc(-c5ccccc5)nc34)c2)cc1.c1ccc(-c2cc(-c3ccccc3-c3cc(-c4ccccc4)nc4c3ccc3ccc(-c5ccccc5)nc34)nc(-c3ccccc3)n2)cc1.c1ccc(-c2ccc3ccc4c(-c5cccc(-c6nc(-c7ccccc7)nc(-c7ccccc7)n6)c5)cc(-c5ccccc5)nc4c3n2)cc1. The summed E-state index contributed by atoms with van der Waals surface area (Å²) in [6.07, 6.45) is 0. The summed E-state index contributed by atoms with van der Waals surface area (Å²) in [5, 5.41) is 6.25. The van der Waals surface area contributed by atoms with Gasteiger partial charge in [-0.3, -0.25) is 0 Å². The fraction of sp³-hybridized carbons (Fsp3) is 0. The van der Waals surface area contributed by atoms with E-state index in [1.54, 1.807) is 0 Å². The predicted octanol–water partition coefficient (Wildman–Crippen LogP) is 34.7. The van der Waals surface area contributed by atoms with Crippen LogP contribution in [-0.2, 0) is 0 Å². The van der Waals surface area contributed by atoms with E-state index in [0.29, 0.717) is 23.3 Å². The average molecular weight is 1920 g/mol. The van der Waals surface area contributed by atoms with Gasteiger partial charge in [0.1, 0.15) is 0 Å². The second kappa shape index (κ2) is 41.2. The van der Waals surface area contributed by atoms with Crippen LogP contribution in [0.3, 0.4) is 0 Å². The summed E-state index contributed by atoms with van der Waals surface area (Å²) < 4.78 is 0. The third kappa shape index (κ3) is 18.8. The van der Waals surface area contributed by atoms with Crippen molar-refractivity contribution >= 4 is 65.4 Å². The highest BCUT2D eigenvalue weighted by molar-refractivity contribution is 6.14. The van der Waals surface area contributed by atoms with Gasteiger partial charge in [0.15, 0.2) is 23.3 Å². The lowest BCUT2D eigenvalue weighted by molar-refractivity contribution is 1.07. The molecular formula is C138H90N12. The van der Waals surface area contributed by atoms with Crippen LogP contribution >= 0.6 is 0 Å². The number of benzene rings is 18. The largest absolute Gasteiger partial charge is 0.248 e. The van der Waals surface area contributed by atoms with Gasteiger partial charge in [-0.05, 0) is 105 Å². The fourth-order valence-corrected chi connectivity index (χ4v) is 19.8. The van der Waals surface area contributed by atoms with E-state index in [4.69, 9.17) is 59.8 Å². The van der Waals surface area contributed by atoms with Gasteiger partial charge in [0.2, 0.25) is 0 Å². The molecular weight excluding hydrogens is 1830 g/mol. The molecule has 27 aromatic rings. The van der Waals surface area contributed by atoms with Crippen molar-refractivity contribution < 1.29 is 0 Å². The van der Waals surface area contributed by atoms with Crippen LogP contribution in [0.1, 0.15) is 0 Å². The molecule has 0 fully saturated rings. The summed E-state index contributed by atoms with van der Waals surface area (Å²) in [4.78, 5) is 62.0. The van der Waals surface area contributed by atoms with Gasteiger partial charge in [0, 0.05) is 110 Å². The molecule has 9 aromatic heterocycles. The molecule has 27 rings (SSSR count). The number of nitrogens with zero attached hydrogens (tertiary/aromatic N) is 12. The van der Waals surface area contributed by atoms with Gasteiger partial charge in [0.25, 0.3) is 0 Å². The van der Waals surface area contributed by atoms with E-state index in [9.17, 15) is 0 Å². The molecule has 0 spiro atoms. The first kappa shape index (κ1) is 90.9. The molecule has 0 bridgehead atoms. The molecule has 0 N–H and O–H groups in total. The lowest BCUT2D eigenvalue weighted by Gasteiger charge is -2.17. The van der Waals surface area contributed by atoms with E-state index in [1.165, 1.54) is 0 Å². The van der Waals surface area contributed by atoms with E-state index in [2.05, 4.69) is 370 Å². The molecule has 150 heavy (non-hydrogen) atoms. The summed E-state index contributed by atoms with van der Waals surface area (Å²) in [6, 6.07) is 188. The average Bonchev–Trinajstić information content (AvgIpc) is 0.669. The second-order valence-electron chi connectivity index (χ2n) is 36.8. The summed E-state index contributed by atoms with van der Waals surface area (Å²) in [6.45, 7) is 0. The second-order valence-corrected chi connectivity index (χ2v) is 36.8. The molecule has 0 saturated carbocycles. The molecule has 0 unspecified atom stereocenters. The molecule has 0 radical (unpaired) electrons. The standard InChI is InChI=1S/C47H31N3.C46H30N4.C45H29N5/c1-5-15-32(16-6-1)37-29-43(34-19-9-3-10-20-34)48-45(30-37)39-24-14-13-23-38(39)41-31-44(35-21-11-4-12-22-35)50-47-40(41)27-25-36-26-28-42(49-46(36)47)33-17-7-2-8-18-33;1-5-15-31(16-6-1)40-28-26-34-25-27-38-39(29-41(32-17-7-2-8-18-32)48-45(38)44(34)47-40)36-23-13-14-24-37(36)43-30-42(33-19-9-3-10-20-33)49-46(50-43)35-21-11-4-12-22-35;1-5-14-30(15-6-1)39-27-25-32-24-26-37-38(29-40(31-16-7-2-8-17-31)47-42(37)41(32)46-39)35-22-13-23-36(28-35)45-49-43(33-18-9-3-10-19-33)48-44(50-45)34-20-11-4-12-21-34/h1-31H;1-30H;1-29H. The molecule has 9 heterocycles. The van der Waals surface area contributed by atoms with Crippen molar-refractivity contribution in [3.8, 4) is 203 Å². The third-order valence-electron chi connectivity index (χ3n) is 27.3. The van der Waals surface area contributed by atoms with Gasteiger partial charge in [-0.25, -0.2) is 59.8 Å². The minimum Gasteiger partial charge on any atom is -0.248 e. The fourth-order valence-electron chi connectivity index (χ4n) is 19.8. The molecule has 12 nitrogen and oxygen atoms in total. The van der Waals surface area contributed by atoms with Crippen LogP contribution in [-0.4, -0.2) is 59.8 Å². The first-order valence-corrected chi connectivity index (χ1v) is 50.2. The van der Waals surface area contributed by atoms with Crippen LogP contribution in [0.5, 0.6) is 0 Å². The number of hydrogen-bond acceptors (Lipinski definition) is 12. The highest BCUT2D eigenvalue weighted by atomic mass is 15.0. The van der Waals surface area contributed by atoms with E-state index in [-0.39, 0.29) is 0 Å². The van der Waals surface area contributed by atoms with Crippen LogP contribution < -0.4 is 0 Å². The summed E-state index contributed by atoms with van der Waals surface area (Å²) in [7, 11) is 0. The first-order valence-electron chi connectivity index (χ1n) is 50.2. The number of hydrogen-bond donors (Lipinski definition) is 0. The van der Waals surface area contributed by atoms with E-state index in [1.807, 2.05) is 176 Å². The lowest BCUT2D eigenvalue weighted by Crippen LogP contribution is -2.00. The predicted molar refractivity (Wildman–Crippen MR) is 616 cm³/mol. The van der Waals surface area contributed by atoms with Gasteiger partial charge in [-0.1, -0.05) is 485 Å². The Balaban J connectivity index is 0.000000116. The Hall–Kier alpha value is -20.3. The number of fused-ring (bicyclic) bond motifs is 9. The van der Waals surface area contributed by atoms with Crippen LogP contribution in [0.15, 0.2) is 546 Å². The lowest BCUT2D eigenvalue weighted by atomic mass is 9.91. The minimum absolute atomic E-state index is 0.612. The van der Waals surface area contributed by atoms with Crippen LogP contribution in [0.2, 0.25) is 0 Å². The highest BCUT2D eigenvalue weighted by Gasteiger charge is 2.25. The summed E-state index contributed by atoms with van der Waals surface area (Å²) >= 11 is 0. The molecule has 0 aliphatic rings. The van der Waals surface area contributed by atoms with Crippen LogP contribution in [0.4, 0.5) is 0 Å². The molecule has 18 aromatic carbocycles. The van der Waals surface area contributed by atoms with Crippen molar-refractivity contribution in [1.82, 2.24) is 59.8 Å². The normalized spacial score (nSPS) is 11.2. The van der Waals surface area contributed by atoms with Crippen molar-refractivity contribution in [2.75, 3.05) is 0 Å². The maximum absolute atomic E-state index is 5.33. The molecule has 12 heteroatoms. The van der Waals surface area contributed by atoms with Crippen molar-refractivity contribution in [2.45, 2.75) is 0 Å². The maximum atomic E-state index is 5.33. The number of rotatable bonds is 18. The Labute approximate surface area is 867 Å². The van der Waals surface area contributed by atoms with Gasteiger partial charge in [0.05, 0.1) is 90.0 Å². The summed E-state index contributed by atoms with van der Waals surface area (Å²) in [5.74, 6) is 2.56. The topological polar surface area (TPSA) is 155 Å². The Morgan fingerprint density at radius 3 is 0.667 bits per heavy atom. The summed E-state index contributed by atoms with van der Waals surface area (Å²) in [5.41, 5.74) is 37.2. The number of aromatic nitrogens is 12. The zero-order chi connectivity index (χ0) is 99.8. The Morgan fingerprint density at radius 1 is 0.0933 bits per heavy atom. The first-order chi connectivity index (χ1) is 74.3. The van der Waals surface area contributed by atoms with Gasteiger partial charge in [-0.2, -0.15) is 0 Å². The van der Waals surface area contributed by atoms with E-state index >= 15 is 0 Å². The van der Waals surface area contributed by atoms with Gasteiger partial charge in [-0.15, -0.1) is 0 Å². The van der Waals surface area contributed by atoms with Crippen molar-refractivity contribution in [3.05, 3.63) is 546 Å². The monoisotopic (exact) mass is 1910 g/mol. The maximum Gasteiger partial charge on any atom is 0.164 e. The van der Waals surface area contributed by atoms with Crippen LogP contribution in [0, 0.1) is 0 Å². The van der Waals surface area contributed by atoms with Gasteiger partial charge >= 0.3 is 0 Å². The van der Waals surface area contributed by atoms with E-state index < -0.39 is 0 Å². The zero-order valence-corrected chi connectivity index (χ0v) is 81.3. The highest BCUT2D eigenvalue weighted by Crippen LogP contribution is 2.46. The Morgan fingerprint density at radius 2 is 0.320 bits per heavy atom. The molecule has 702 valence electrons. The Kier molecular flexibility index (Phi) is 25.0. The smallest absolute Gasteiger partial charge is 0.164 e. The number of pyridine rings is 7. The molecule has 0 amide bonds. The van der Waals surface area contributed by atoms with E-state index in [0.717, 1.165) is 245 Å². The Bertz CT molecular complexity index is 9090. The van der Waals surface area contributed by atoms with Crippen molar-refractivity contribution in [1.29, 1.82) is 0 Å². The van der Waals surface area contributed by atoms with Crippen molar-refractivity contribution in [3.63, 3.8) is 0 Å². The quantitative estimate of drug-likeness (QED) is 0.0751. The van der Waals surface area contributed by atoms with Crippen LogP contribution in [0.25, 0.3) is 268 Å². The molecule has 0 aliphatic carbocycles. The molecule has 0 saturated heterocycles.